The van der Waals surface area contributed by atoms with Crippen LogP contribution in [0.2, 0.25) is 0 Å². The van der Waals surface area contributed by atoms with Gasteiger partial charge in [-0.15, -0.1) is 0 Å². The third-order valence-electron chi connectivity index (χ3n) is 5.79. The molecule has 0 bridgehead atoms. The molecule has 0 spiro atoms. The largest absolute Gasteiger partial charge is 0.382 e. The van der Waals surface area contributed by atoms with E-state index in [4.69, 9.17) is 0 Å². The lowest BCUT2D eigenvalue weighted by atomic mass is 9.73. The highest BCUT2D eigenvalue weighted by molar-refractivity contribution is 5.03. The molecule has 2 fully saturated rings. The molecule has 1 aromatic heterocycles. The zero-order valence-electron chi connectivity index (χ0n) is 14.3. The highest BCUT2D eigenvalue weighted by Gasteiger charge is 2.38. The van der Waals surface area contributed by atoms with E-state index in [1.807, 2.05) is 7.05 Å². The number of nitrogens with zero attached hydrogens (tertiary/aromatic N) is 4. The molecule has 1 N–H and O–H groups in total. The van der Waals surface area contributed by atoms with Crippen LogP contribution < -0.4 is 0 Å². The summed E-state index contributed by atoms with van der Waals surface area (Å²) in [4.78, 5) is 6.79. The van der Waals surface area contributed by atoms with Gasteiger partial charge in [-0.25, -0.2) is 4.98 Å². The van der Waals surface area contributed by atoms with Gasteiger partial charge in [-0.05, 0) is 49.9 Å². The van der Waals surface area contributed by atoms with Crippen LogP contribution in [0.25, 0.3) is 0 Å². The molecule has 2 heterocycles. The van der Waals surface area contributed by atoms with Crippen molar-refractivity contribution in [1.82, 2.24) is 19.7 Å². The number of hydrogen-bond acceptors (Lipinski definition) is 4. The first-order chi connectivity index (χ1) is 10.4. The van der Waals surface area contributed by atoms with E-state index >= 15 is 0 Å². The van der Waals surface area contributed by atoms with Gasteiger partial charge in [0.1, 0.15) is 11.9 Å². The van der Waals surface area contributed by atoms with Crippen molar-refractivity contribution in [2.75, 3.05) is 19.6 Å². The van der Waals surface area contributed by atoms with E-state index in [9.17, 15) is 5.11 Å². The summed E-state index contributed by atoms with van der Waals surface area (Å²) in [7, 11) is 1.86. The van der Waals surface area contributed by atoms with E-state index in [1.54, 1.807) is 4.68 Å². The summed E-state index contributed by atoms with van der Waals surface area (Å²) in [6.07, 6.45) is 8.48. The molecular weight excluding hydrogens is 276 g/mol. The van der Waals surface area contributed by atoms with Crippen molar-refractivity contribution in [2.45, 2.75) is 58.0 Å². The number of aliphatic hydroxyl groups is 1. The van der Waals surface area contributed by atoms with Gasteiger partial charge in [0.2, 0.25) is 0 Å². The van der Waals surface area contributed by atoms with Crippen LogP contribution in [0.15, 0.2) is 6.33 Å². The smallest absolute Gasteiger partial charge is 0.158 e. The monoisotopic (exact) mass is 306 g/mol. The third-order valence-corrected chi connectivity index (χ3v) is 5.79. The first-order valence-electron chi connectivity index (χ1n) is 8.67. The van der Waals surface area contributed by atoms with E-state index < -0.39 is 5.60 Å². The van der Waals surface area contributed by atoms with Crippen LogP contribution in [0.3, 0.4) is 0 Å². The van der Waals surface area contributed by atoms with E-state index in [2.05, 4.69) is 28.8 Å². The minimum Gasteiger partial charge on any atom is -0.382 e. The Morgan fingerprint density at radius 3 is 2.36 bits per heavy atom. The average Bonchev–Trinajstić information content (AvgIpc) is 2.91. The quantitative estimate of drug-likeness (QED) is 0.931. The molecule has 0 atom stereocenters. The minimum absolute atomic E-state index is 0.545. The molecule has 1 saturated carbocycles. The van der Waals surface area contributed by atoms with Gasteiger partial charge in [-0.3, -0.25) is 4.68 Å². The maximum absolute atomic E-state index is 10.9. The fourth-order valence-electron chi connectivity index (χ4n) is 4.05. The number of likely N-dealkylation sites (tertiary alicyclic amines) is 1. The Morgan fingerprint density at radius 2 is 1.82 bits per heavy atom. The van der Waals surface area contributed by atoms with Crippen LogP contribution >= 0.6 is 0 Å². The molecule has 1 saturated heterocycles. The molecule has 5 heteroatoms. The lowest BCUT2D eigenvalue weighted by molar-refractivity contribution is -0.0398. The molecule has 1 aliphatic carbocycles. The van der Waals surface area contributed by atoms with Gasteiger partial charge in [0, 0.05) is 26.7 Å². The maximum atomic E-state index is 10.9. The Labute approximate surface area is 133 Å². The molecule has 3 rings (SSSR count). The van der Waals surface area contributed by atoms with E-state index in [0.29, 0.717) is 11.2 Å². The van der Waals surface area contributed by atoms with Gasteiger partial charge in [0.25, 0.3) is 0 Å². The summed E-state index contributed by atoms with van der Waals surface area (Å²) in [5.41, 5.74) is -0.250. The highest BCUT2D eigenvalue weighted by Crippen LogP contribution is 2.39. The van der Waals surface area contributed by atoms with Crippen LogP contribution in [0.1, 0.15) is 58.2 Å². The van der Waals surface area contributed by atoms with Gasteiger partial charge in [-0.1, -0.05) is 13.8 Å². The number of hydrogen-bond donors (Lipinski definition) is 1. The van der Waals surface area contributed by atoms with Crippen molar-refractivity contribution in [3.8, 4) is 0 Å². The second-order valence-corrected chi connectivity index (χ2v) is 8.15. The van der Waals surface area contributed by atoms with Crippen LogP contribution in [0.5, 0.6) is 0 Å². The van der Waals surface area contributed by atoms with Crippen molar-refractivity contribution < 1.29 is 5.11 Å². The van der Waals surface area contributed by atoms with Crippen molar-refractivity contribution in [2.24, 2.45) is 18.4 Å². The summed E-state index contributed by atoms with van der Waals surface area (Å²) in [5, 5.41) is 14.9. The number of aryl methyl sites for hydroxylation is 1. The topological polar surface area (TPSA) is 54.2 Å². The molecule has 0 amide bonds. The average molecular weight is 306 g/mol. The summed E-state index contributed by atoms with van der Waals surface area (Å²) < 4.78 is 1.71. The number of piperidine rings is 1. The minimum atomic E-state index is -0.795. The fraction of sp³-hybridized carbons (Fsp3) is 0.882. The first kappa shape index (κ1) is 15.9. The number of rotatable bonds is 3. The number of aromatic nitrogens is 3. The van der Waals surface area contributed by atoms with Gasteiger partial charge < -0.3 is 10.0 Å². The standard InChI is InChI=1S/C17H30N4O/c1-16(2)6-4-14(5-7-16)12-21-10-8-17(22,9-11-21)15-18-13-19-20(15)3/h13-14,22H,4-12H2,1-3H3. The Morgan fingerprint density at radius 1 is 1.18 bits per heavy atom. The van der Waals surface area contributed by atoms with Crippen molar-refractivity contribution in [1.29, 1.82) is 0 Å². The third kappa shape index (κ3) is 3.35. The molecule has 5 nitrogen and oxygen atoms in total. The molecule has 22 heavy (non-hydrogen) atoms. The maximum Gasteiger partial charge on any atom is 0.158 e. The molecule has 124 valence electrons. The highest BCUT2D eigenvalue weighted by atomic mass is 16.3. The lowest BCUT2D eigenvalue weighted by Gasteiger charge is -2.41. The van der Waals surface area contributed by atoms with Gasteiger partial charge in [0.15, 0.2) is 5.82 Å². The molecule has 0 unspecified atom stereocenters. The predicted octanol–water partition coefficient (Wildman–Crippen LogP) is 2.31. The summed E-state index contributed by atoms with van der Waals surface area (Å²) in [5.74, 6) is 1.56. The van der Waals surface area contributed by atoms with Gasteiger partial charge in [-0.2, -0.15) is 5.10 Å². The van der Waals surface area contributed by atoms with Crippen LogP contribution in [-0.2, 0) is 12.6 Å². The van der Waals surface area contributed by atoms with Crippen LogP contribution in [-0.4, -0.2) is 44.4 Å². The second kappa shape index (κ2) is 5.93. The summed E-state index contributed by atoms with van der Waals surface area (Å²) >= 11 is 0. The van der Waals surface area contributed by atoms with E-state index in [-0.39, 0.29) is 0 Å². The summed E-state index contributed by atoms with van der Waals surface area (Å²) in [6, 6.07) is 0. The Bertz CT molecular complexity index is 493. The van der Waals surface area contributed by atoms with Gasteiger partial charge >= 0.3 is 0 Å². The molecular formula is C17H30N4O. The molecule has 0 aromatic carbocycles. The fourth-order valence-corrected chi connectivity index (χ4v) is 4.05. The molecule has 1 aliphatic heterocycles. The Hall–Kier alpha value is -0.940. The Kier molecular flexibility index (Phi) is 4.29. The first-order valence-corrected chi connectivity index (χ1v) is 8.67. The SMILES string of the molecule is Cn1ncnc1C1(O)CCN(CC2CCC(C)(C)CC2)CC1. The predicted molar refractivity (Wildman–Crippen MR) is 86.3 cm³/mol. The van der Waals surface area contributed by atoms with Crippen molar-refractivity contribution in [3.05, 3.63) is 12.2 Å². The Balaban J connectivity index is 1.51. The zero-order chi connectivity index (χ0) is 15.8. The normalized spacial score (nSPS) is 26.2. The second-order valence-electron chi connectivity index (χ2n) is 8.15. The van der Waals surface area contributed by atoms with E-state index in [0.717, 1.165) is 31.8 Å². The molecule has 2 aliphatic rings. The lowest BCUT2D eigenvalue weighted by Crippen LogP contribution is -2.45. The van der Waals surface area contributed by atoms with E-state index in [1.165, 1.54) is 38.6 Å². The zero-order valence-corrected chi connectivity index (χ0v) is 14.3. The van der Waals surface area contributed by atoms with Crippen molar-refractivity contribution in [3.63, 3.8) is 0 Å². The van der Waals surface area contributed by atoms with Crippen LogP contribution in [0.4, 0.5) is 0 Å². The molecule has 1 aromatic rings. The van der Waals surface area contributed by atoms with Gasteiger partial charge in [0.05, 0.1) is 0 Å². The van der Waals surface area contributed by atoms with Crippen molar-refractivity contribution >= 4 is 0 Å². The summed E-state index contributed by atoms with van der Waals surface area (Å²) in [6.45, 7) is 7.91. The van der Waals surface area contributed by atoms with Crippen LogP contribution in [0, 0.1) is 11.3 Å². The molecule has 0 radical (unpaired) electrons.